The van der Waals surface area contributed by atoms with Crippen molar-refractivity contribution in [2.24, 2.45) is 0 Å². The molecule has 0 spiro atoms. The zero-order chi connectivity index (χ0) is 31.0. The summed E-state index contributed by atoms with van der Waals surface area (Å²) in [6.07, 6.45) is 0. The molecule has 0 aliphatic heterocycles. The molecule has 0 unspecified atom stereocenters. The monoisotopic (exact) mass is 590 g/mol. The van der Waals surface area contributed by atoms with Gasteiger partial charge in [0.1, 0.15) is 0 Å². The van der Waals surface area contributed by atoms with Crippen molar-refractivity contribution in [1.82, 2.24) is 19.9 Å². The molecule has 8 rings (SSSR count). The Hall–Kier alpha value is -6.00. The highest BCUT2D eigenvalue weighted by molar-refractivity contribution is 6.19. The molecule has 6 aromatic carbocycles. The minimum absolute atomic E-state index is 0.592. The second-order valence-corrected chi connectivity index (χ2v) is 11.7. The number of aromatic nitrogens is 4. The fraction of sp³-hybridized carbons (Fsp3) is 0.0476. The Morgan fingerprint density at radius 1 is 0.348 bits per heavy atom. The summed E-state index contributed by atoms with van der Waals surface area (Å²) in [5, 5.41) is 3.32. The molecule has 8 aromatic rings. The van der Waals surface area contributed by atoms with E-state index in [4.69, 9.17) is 19.9 Å². The lowest BCUT2D eigenvalue weighted by Crippen LogP contribution is -2.01. The Balaban J connectivity index is 1.45. The van der Waals surface area contributed by atoms with Gasteiger partial charge in [0.15, 0.2) is 17.5 Å². The largest absolute Gasteiger partial charge is 0.246 e. The molecule has 0 saturated carbocycles. The van der Waals surface area contributed by atoms with Crippen LogP contribution in [0, 0.1) is 13.8 Å². The minimum atomic E-state index is 0.592. The normalized spacial score (nSPS) is 11.3. The van der Waals surface area contributed by atoms with Crippen molar-refractivity contribution >= 4 is 21.7 Å². The van der Waals surface area contributed by atoms with Gasteiger partial charge in [0.05, 0.1) is 11.2 Å². The van der Waals surface area contributed by atoms with Crippen LogP contribution in [-0.4, -0.2) is 19.9 Å². The molecule has 4 nitrogen and oxygen atoms in total. The molecule has 0 saturated heterocycles. The number of fused-ring (bicyclic) bond motifs is 3. The Morgan fingerprint density at radius 2 is 0.848 bits per heavy atom. The molecular formula is C42H30N4. The number of hydrogen-bond donors (Lipinski definition) is 0. The van der Waals surface area contributed by atoms with Crippen molar-refractivity contribution in [3.8, 4) is 56.5 Å². The lowest BCUT2D eigenvalue weighted by atomic mass is 9.92. The molecule has 2 aromatic heterocycles. The predicted octanol–water partition coefficient (Wildman–Crippen LogP) is 10.5. The molecule has 2 heterocycles. The number of aryl methyl sites for hydroxylation is 2. The van der Waals surface area contributed by atoms with E-state index in [0.717, 1.165) is 60.8 Å². The Bertz CT molecular complexity index is 2280. The van der Waals surface area contributed by atoms with Crippen molar-refractivity contribution in [2.45, 2.75) is 13.8 Å². The van der Waals surface area contributed by atoms with Gasteiger partial charge >= 0.3 is 0 Å². The third kappa shape index (κ3) is 5.00. The first-order valence-electron chi connectivity index (χ1n) is 15.5. The van der Waals surface area contributed by atoms with Crippen LogP contribution in [0.4, 0.5) is 0 Å². The van der Waals surface area contributed by atoms with Crippen LogP contribution in [0.15, 0.2) is 146 Å². The van der Waals surface area contributed by atoms with Crippen molar-refractivity contribution < 1.29 is 0 Å². The third-order valence-corrected chi connectivity index (χ3v) is 8.48. The highest BCUT2D eigenvalue weighted by Gasteiger charge is 2.19. The molecule has 0 N–H and O–H groups in total. The predicted molar refractivity (Wildman–Crippen MR) is 189 cm³/mol. The van der Waals surface area contributed by atoms with Crippen LogP contribution >= 0.6 is 0 Å². The number of benzene rings is 6. The quantitative estimate of drug-likeness (QED) is 0.187. The van der Waals surface area contributed by atoms with E-state index in [2.05, 4.69) is 153 Å². The van der Waals surface area contributed by atoms with Crippen LogP contribution in [-0.2, 0) is 0 Å². The van der Waals surface area contributed by atoms with Crippen molar-refractivity contribution in [1.29, 1.82) is 0 Å². The van der Waals surface area contributed by atoms with Crippen LogP contribution in [0.25, 0.3) is 78.2 Å². The number of rotatable bonds is 5. The van der Waals surface area contributed by atoms with Crippen LogP contribution in [0.3, 0.4) is 0 Å². The van der Waals surface area contributed by atoms with Crippen LogP contribution in [0.2, 0.25) is 0 Å². The maximum atomic E-state index is 5.41. The van der Waals surface area contributed by atoms with E-state index in [-0.39, 0.29) is 0 Å². The Kier molecular flexibility index (Phi) is 6.88. The van der Waals surface area contributed by atoms with Gasteiger partial charge in [0.2, 0.25) is 0 Å². The van der Waals surface area contributed by atoms with E-state index in [9.17, 15) is 0 Å². The topological polar surface area (TPSA) is 51.6 Å². The van der Waals surface area contributed by atoms with Crippen LogP contribution < -0.4 is 0 Å². The van der Waals surface area contributed by atoms with E-state index in [0.29, 0.717) is 17.5 Å². The Labute approximate surface area is 268 Å². The van der Waals surface area contributed by atoms with Crippen LogP contribution in [0.1, 0.15) is 11.1 Å². The highest BCUT2D eigenvalue weighted by Crippen LogP contribution is 2.41. The first kappa shape index (κ1) is 27.5. The summed E-state index contributed by atoms with van der Waals surface area (Å²) in [4.78, 5) is 20.6. The summed E-state index contributed by atoms with van der Waals surface area (Å²) in [6.45, 7) is 4.17. The van der Waals surface area contributed by atoms with Crippen LogP contribution in [0.5, 0.6) is 0 Å². The lowest BCUT2D eigenvalue weighted by Gasteiger charge is -2.16. The van der Waals surface area contributed by atoms with Gasteiger partial charge in [-0.05, 0) is 31.0 Å². The van der Waals surface area contributed by atoms with Gasteiger partial charge in [0, 0.05) is 38.4 Å². The average molecular weight is 591 g/mol. The summed E-state index contributed by atoms with van der Waals surface area (Å²) in [5.41, 5.74) is 10.3. The van der Waals surface area contributed by atoms with E-state index in [1.165, 1.54) is 11.1 Å². The highest BCUT2D eigenvalue weighted by atomic mass is 15.0. The summed E-state index contributed by atoms with van der Waals surface area (Å²) in [6, 6.07) is 50.5. The van der Waals surface area contributed by atoms with Gasteiger partial charge < -0.3 is 0 Å². The molecule has 0 aliphatic rings. The zero-order valence-electron chi connectivity index (χ0n) is 25.6. The smallest absolute Gasteiger partial charge is 0.166 e. The van der Waals surface area contributed by atoms with Gasteiger partial charge in [-0.3, -0.25) is 0 Å². The van der Waals surface area contributed by atoms with Gasteiger partial charge in [-0.15, -0.1) is 0 Å². The van der Waals surface area contributed by atoms with Crippen molar-refractivity contribution in [2.75, 3.05) is 0 Å². The van der Waals surface area contributed by atoms with Gasteiger partial charge in [0.25, 0.3) is 0 Å². The van der Waals surface area contributed by atoms with Gasteiger partial charge in [-0.2, -0.15) is 0 Å². The fourth-order valence-corrected chi connectivity index (χ4v) is 6.09. The molecule has 0 radical (unpaired) electrons. The number of hydrogen-bond acceptors (Lipinski definition) is 4. The summed E-state index contributed by atoms with van der Waals surface area (Å²) < 4.78 is 0. The molecule has 218 valence electrons. The molecule has 0 atom stereocenters. The molecule has 46 heavy (non-hydrogen) atoms. The van der Waals surface area contributed by atoms with E-state index in [1.807, 2.05) is 6.07 Å². The third-order valence-electron chi connectivity index (χ3n) is 8.48. The second kappa shape index (κ2) is 11.5. The first-order valence-corrected chi connectivity index (χ1v) is 15.5. The van der Waals surface area contributed by atoms with E-state index in [1.54, 1.807) is 0 Å². The van der Waals surface area contributed by atoms with Crippen molar-refractivity contribution in [3.63, 3.8) is 0 Å². The molecule has 0 fully saturated rings. The molecule has 4 heteroatoms. The molecule has 0 amide bonds. The second-order valence-electron chi connectivity index (χ2n) is 11.7. The molecule has 0 bridgehead atoms. The van der Waals surface area contributed by atoms with Gasteiger partial charge in [-0.25, -0.2) is 19.9 Å². The maximum Gasteiger partial charge on any atom is 0.166 e. The number of pyridine rings is 1. The minimum Gasteiger partial charge on any atom is -0.246 e. The fourth-order valence-electron chi connectivity index (χ4n) is 6.09. The van der Waals surface area contributed by atoms with E-state index >= 15 is 0 Å². The average Bonchev–Trinajstić information content (AvgIpc) is 3.12. The molecular weight excluding hydrogens is 560 g/mol. The lowest BCUT2D eigenvalue weighted by molar-refractivity contribution is 1.07. The SMILES string of the molecule is Cc1ccc(-c2nc(-c3ccc(C)cc3)nc(-c3cccc4c3nc(-c3ccccc3)c3cccc(-c5ccccc5)c34)n2)cc1. The molecule has 0 aliphatic carbocycles. The summed E-state index contributed by atoms with van der Waals surface area (Å²) in [7, 11) is 0. The maximum absolute atomic E-state index is 5.41. The zero-order valence-corrected chi connectivity index (χ0v) is 25.6. The van der Waals surface area contributed by atoms with E-state index < -0.39 is 0 Å². The van der Waals surface area contributed by atoms with Crippen molar-refractivity contribution in [3.05, 3.63) is 157 Å². The van der Waals surface area contributed by atoms with Gasteiger partial charge in [-0.1, -0.05) is 151 Å². The summed E-state index contributed by atoms with van der Waals surface area (Å²) in [5.74, 6) is 1.85. The number of nitrogens with zero attached hydrogens (tertiary/aromatic N) is 4. The summed E-state index contributed by atoms with van der Waals surface area (Å²) >= 11 is 0. The number of para-hydroxylation sites is 1. The standard InChI is InChI=1S/C42H30N4/c1-27-19-23-31(24-20-27)40-44-41(32-25-21-28(2)22-26-32)46-42(45-40)36-18-10-17-35-37-33(29-11-5-3-6-12-29)15-9-16-34(37)38(43-39(35)36)30-13-7-4-8-14-30/h3-26H,1-2H3. The Morgan fingerprint density at radius 3 is 1.43 bits per heavy atom. The first-order chi connectivity index (χ1) is 22.6.